The van der Waals surface area contributed by atoms with Crippen molar-refractivity contribution in [3.05, 3.63) is 40.3 Å². The van der Waals surface area contributed by atoms with Gasteiger partial charge in [-0.25, -0.2) is 9.59 Å². The molecule has 0 unspecified atom stereocenters. The number of hydrogen-bond acceptors (Lipinski definition) is 7. The molecule has 12 heteroatoms. The van der Waals surface area contributed by atoms with Crippen LogP contribution in [0.5, 0.6) is 0 Å². The standard InChI is InChI=1S/C17H14ClN5O5S/c1-2-23-12(8-3-5-9(18)6-4-8)21-22-17(23)29-11(15(26)27)7-10-13(24)19-16(28)20-14(10)25/h3-7,10H,2H2,1H3,(H,26,27)(H2,19,20,24,25,28)/b11-7+. The van der Waals surface area contributed by atoms with Gasteiger partial charge in [-0.2, -0.15) is 0 Å². The molecule has 3 N–H and O–H groups in total. The molecule has 0 bridgehead atoms. The van der Waals surface area contributed by atoms with Gasteiger partial charge in [0, 0.05) is 17.1 Å². The molecule has 1 aliphatic heterocycles. The van der Waals surface area contributed by atoms with Crippen molar-refractivity contribution in [1.29, 1.82) is 0 Å². The van der Waals surface area contributed by atoms with Gasteiger partial charge in [-0.05, 0) is 49.0 Å². The average molecular weight is 436 g/mol. The molecule has 1 fully saturated rings. The van der Waals surface area contributed by atoms with Crippen molar-refractivity contribution in [3.8, 4) is 11.4 Å². The molecular formula is C17H14ClN5O5S. The Morgan fingerprint density at radius 3 is 2.38 bits per heavy atom. The summed E-state index contributed by atoms with van der Waals surface area (Å²) in [5, 5.41) is 22.3. The molecule has 10 nitrogen and oxygen atoms in total. The molecular weight excluding hydrogens is 422 g/mol. The van der Waals surface area contributed by atoms with Crippen LogP contribution in [0.15, 0.2) is 40.4 Å². The maximum Gasteiger partial charge on any atom is 0.342 e. The van der Waals surface area contributed by atoms with E-state index in [0.717, 1.165) is 23.4 Å². The largest absolute Gasteiger partial charge is 0.477 e. The molecule has 4 amide bonds. The third-order valence-corrected chi connectivity index (χ3v) is 5.17. The number of rotatable bonds is 6. The molecule has 1 aromatic heterocycles. The molecule has 1 saturated heterocycles. The van der Waals surface area contributed by atoms with Crippen molar-refractivity contribution in [1.82, 2.24) is 25.4 Å². The van der Waals surface area contributed by atoms with Crippen LogP contribution in [0.4, 0.5) is 4.79 Å². The van der Waals surface area contributed by atoms with Gasteiger partial charge in [0.1, 0.15) is 5.92 Å². The van der Waals surface area contributed by atoms with Crippen molar-refractivity contribution in [3.63, 3.8) is 0 Å². The molecule has 150 valence electrons. The Hall–Kier alpha value is -3.18. The number of aliphatic carboxylic acids is 1. The highest BCUT2D eigenvalue weighted by Gasteiger charge is 2.34. The summed E-state index contributed by atoms with van der Waals surface area (Å²) < 4.78 is 1.69. The van der Waals surface area contributed by atoms with E-state index in [9.17, 15) is 24.3 Å². The molecule has 0 atom stereocenters. The summed E-state index contributed by atoms with van der Waals surface area (Å²) >= 11 is 6.65. The second-order valence-corrected chi connectivity index (χ2v) is 7.23. The van der Waals surface area contributed by atoms with E-state index in [2.05, 4.69) is 10.2 Å². The first-order chi connectivity index (χ1) is 13.8. The number of nitrogens with zero attached hydrogens (tertiary/aromatic N) is 3. The van der Waals surface area contributed by atoms with Gasteiger partial charge >= 0.3 is 12.0 Å². The normalized spacial score (nSPS) is 15.2. The first-order valence-corrected chi connectivity index (χ1v) is 9.47. The predicted octanol–water partition coefficient (Wildman–Crippen LogP) is 1.66. The van der Waals surface area contributed by atoms with Crippen molar-refractivity contribution in [2.24, 2.45) is 5.92 Å². The SMILES string of the molecule is CCn1c(S/C(=C/C2C(=O)NC(=O)NC2=O)C(=O)O)nnc1-c1ccc(Cl)cc1. The van der Waals surface area contributed by atoms with Gasteiger partial charge in [0.25, 0.3) is 0 Å². The van der Waals surface area contributed by atoms with Gasteiger partial charge in [0.05, 0.1) is 4.91 Å². The number of hydrogen-bond donors (Lipinski definition) is 3. The number of amides is 4. The van der Waals surface area contributed by atoms with Crippen LogP contribution in [0.25, 0.3) is 11.4 Å². The molecule has 2 heterocycles. The maximum atomic E-state index is 11.9. The number of nitrogens with one attached hydrogen (secondary N) is 2. The summed E-state index contributed by atoms with van der Waals surface area (Å²) in [5.41, 5.74) is 0.737. The van der Waals surface area contributed by atoms with Crippen LogP contribution < -0.4 is 10.6 Å². The highest BCUT2D eigenvalue weighted by molar-refractivity contribution is 8.03. The third kappa shape index (κ3) is 4.46. The maximum absolute atomic E-state index is 11.9. The molecule has 1 aliphatic rings. The van der Waals surface area contributed by atoms with Crippen LogP contribution in [-0.4, -0.2) is 43.7 Å². The van der Waals surface area contributed by atoms with Crippen LogP contribution in [-0.2, 0) is 20.9 Å². The first kappa shape index (κ1) is 20.6. The molecule has 0 spiro atoms. The first-order valence-electron chi connectivity index (χ1n) is 8.28. The summed E-state index contributed by atoms with van der Waals surface area (Å²) in [5.74, 6) is -4.12. The third-order valence-electron chi connectivity index (χ3n) is 3.90. The van der Waals surface area contributed by atoms with E-state index >= 15 is 0 Å². The number of aromatic nitrogens is 3. The summed E-state index contributed by atoms with van der Waals surface area (Å²) in [7, 11) is 0. The Labute approximate surface area is 173 Å². The number of imide groups is 2. The molecule has 0 aliphatic carbocycles. The average Bonchev–Trinajstić information content (AvgIpc) is 3.06. The smallest absolute Gasteiger partial charge is 0.342 e. The van der Waals surface area contributed by atoms with Crippen LogP contribution in [0.1, 0.15) is 6.92 Å². The number of carbonyl (C=O) groups is 4. The van der Waals surface area contributed by atoms with Crippen LogP contribution in [0.2, 0.25) is 5.02 Å². The zero-order chi connectivity index (χ0) is 21.1. The molecule has 3 rings (SSSR count). The van der Waals surface area contributed by atoms with Gasteiger partial charge in [-0.1, -0.05) is 11.6 Å². The van der Waals surface area contributed by atoms with Crippen molar-refractivity contribution in [2.45, 2.75) is 18.6 Å². The number of barbiturate groups is 1. The minimum atomic E-state index is -1.46. The quantitative estimate of drug-likeness (QED) is 0.353. The Morgan fingerprint density at radius 1 is 1.21 bits per heavy atom. The van der Waals surface area contributed by atoms with E-state index < -0.39 is 29.7 Å². The topological polar surface area (TPSA) is 143 Å². The lowest BCUT2D eigenvalue weighted by atomic mass is 10.1. The van der Waals surface area contributed by atoms with E-state index in [1.54, 1.807) is 28.8 Å². The zero-order valence-corrected chi connectivity index (χ0v) is 16.5. The predicted molar refractivity (Wildman–Crippen MR) is 103 cm³/mol. The Balaban J connectivity index is 1.93. The molecule has 29 heavy (non-hydrogen) atoms. The Bertz CT molecular complexity index is 1010. The summed E-state index contributed by atoms with van der Waals surface area (Å²) in [6.45, 7) is 2.28. The Kier molecular flexibility index (Phi) is 5.99. The molecule has 2 aromatic rings. The highest BCUT2D eigenvalue weighted by Crippen LogP contribution is 2.30. The Morgan fingerprint density at radius 2 is 1.83 bits per heavy atom. The summed E-state index contributed by atoms with van der Waals surface area (Å²) in [6, 6.07) is 5.96. The number of carboxylic acids is 1. The molecule has 0 saturated carbocycles. The fourth-order valence-electron chi connectivity index (χ4n) is 2.54. The number of carbonyl (C=O) groups excluding carboxylic acids is 3. The lowest BCUT2D eigenvalue weighted by Gasteiger charge is -2.18. The monoisotopic (exact) mass is 435 g/mol. The number of benzene rings is 1. The van der Waals surface area contributed by atoms with Gasteiger partial charge in [-0.3, -0.25) is 20.2 Å². The number of carboxylic acid groups (broad SMARTS) is 1. The number of halogens is 1. The van der Waals surface area contributed by atoms with Crippen LogP contribution >= 0.6 is 23.4 Å². The van der Waals surface area contributed by atoms with Gasteiger partial charge < -0.3 is 9.67 Å². The zero-order valence-electron chi connectivity index (χ0n) is 14.9. The lowest BCUT2D eigenvalue weighted by molar-refractivity contribution is -0.133. The minimum Gasteiger partial charge on any atom is -0.477 e. The van der Waals surface area contributed by atoms with Crippen molar-refractivity contribution in [2.75, 3.05) is 0 Å². The van der Waals surface area contributed by atoms with E-state index in [1.165, 1.54) is 0 Å². The van der Waals surface area contributed by atoms with E-state index in [-0.39, 0.29) is 10.1 Å². The van der Waals surface area contributed by atoms with Crippen LogP contribution in [0, 0.1) is 5.92 Å². The van der Waals surface area contributed by atoms with Gasteiger partial charge in [0.2, 0.25) is 11.8 Å². The molecule has 1 aromatic carbocycles. The fourth-order valence-corrected chi connectivity index (χ4v) is 3.56. The summed E-state index contributed by atoms with van der Waals surface area (Å²) in [6.07, 6.45) is 0.973. The van der Waals surface area contributed by atoms with Crippen LogP contribution in [0.3, 0.4) is 0 Å². The minimum absolute atomic E-state index is 0.263. The second kappa shape index (κ2) is 8.45. The van der Waals surface area contributed by atoms with Crippen molar-refractivity contribution >= 4 is 47.2 Å². The molecule has 0 radical (unpaired) electrons. The van der Waals surface area contributed by atoms with E-state index in [0.29, 0.717) is 17.4 Å². The van der Waals surface area contributed by atoms with Crippen molar-refractivity contribution < 1.29 is 24.3 Å². The lowest BCUT2D eigenvalue weighted by Crippen LogP contribution is -2.55. The number of urea groups is 1. The second-order valence-electron chi connectivity index (χ2n) is 5.78. The number of thioether (sulfide) groups is 1. The van der Waals surface area contributed by atoms with E-state index in [4.69, 9.17) is 11.6 Å². The van der Waals surface area contributed by atoms with Gasteiger partial charge in [-0.15, -0.1) is 10.2 Å². The fraction of sp³-hybridized carbons (Fsp3) is 0.176. The summed E-state index contributed by atoms with van der Waals surface area (Å²) in [4.78, 5) is 46.3. The van der Waals surface area contributed by atoms with Gasteiger partial charge in [0.15, 0.2) is 11.0 Å². The highest BCUT2D eigenvalue weighted by atomic mass is 35.5. The van der Waals surface area contributed by atoms with E-state index in [1.807, 2.05) is 17.6 Å².